The van der Waals surface area contributed by atoms with E-state index in [4.69, 9.17) is 5.73 Å². The predicted octanol–water partition coefficient (Wildman–Crippen LogP) is 1.45. The molecule has 0 bridgehead atoms. The van der Waals surface area contributed by atoms with Gasteiger partial charge < -0.3 is 11.1 Å². The van der Waals surface area contributed by atoms with Crippen molar-refractivity contribution in [2.75, 3.05) is 11.1 Å². The average molecular weight is 161 g/mol. The fourth-order valence-electron chi connectivity index (χ4n) is 1.27. The molecule has 0 atom stereocenters. The number of aryl methyl sites for hydroxylation is 1. The fraction of sp³-hybridized carbons (Fsp3) is 0.222. The zero-order valence-corrected chi connectivity index (χ0v) is 6.96. The molecule has 0 aromatic carbocycles. The number of nitrogens with zero attached hydrogens (tertiary/aromatic N) is 1. The van der Waals surface area contributed by atoms with Gasteiger partial charge in [-0.2, -0.15) is 0 Å². The molecule has 0 unspecified atom stereocenters. The third-order valence-corrected chi connectivity index (χ3v) is 2.01. The van der Waals surface area contributed by atoms with E-state index in [-0.39, 0.29) is 0 Å². The molecular formula is C9H11N3. The number of aromatic nitrogens is 1. The summed E-state index contributed by atoms with van der Waals surface area (Å²) < 4.78 is 0. The minimum Gasteiger partial charge on any atom is -0.397 e. The van der Waals surface area contributed by atoms with Gasteiger partial charge in [0, 0.05) is 5.56 Å². The highest BCUT2D eigenvalue weighted by molar-refractivity contribution is 5.58. The first kappa shape index (κ1) is 7.16. The van der Waals surface area contributed by atoms with E-state index >= 15 is 0 Å². The maximum absolute atomic E-state index is 5.73. The number of hydrogen-bond acceptors (Lipinski definition) is 3. The van der Waals surface area contributed by atoms with Crippen LogP contribution in [0.5, 0.6) is 0 Å². The highest BCUT2D eigenvalue weighted by Gasteiger charge is 2.07. The second kappa shape index (κ2) is 2.52. The van der Waals surface area contributed by atoms with Gasteiger partial charge in [-0.3, -0.25) is 0 Å². The Hall–Kier alpha value is -1.51. The van der Waals surface area contributed by atoms with Gasteiger partial charge in [0.2, 0.25) is 0 Å². The van der Waals surface area contributed by atoms with Crippen molar-refractivity contribution in [2.45, 2.75) is 13.3 Å². The number of nitrogen functional groups attached to an aromatic ring is 1. The number of hydrogen-bond donors (Lipinski definition) is 2. The minimum absolute atomic E-state index is 0.769. The molecule has 0 saturated carbocycles. The number of rotatable bonds is 0. The largest absolute Gasteiger partial charge is 0.397 e. The highest BCUT2D eigenvalue weighted by Crippen LogP contribution is 2.22. The van der Waals surface area contributed by atoms with Gasteiger partial charge in [-0.25, -0.2) is 4.98 Å². The Balaban J connectivity index is 2.53. The molecule has 0 radical (unpaired) electrons. The number of nitrogens with one attached hydrogen (secondary N) is 1. The third-order valence-electron chi connectivity index (χ3n) is 2.01. The van der Waals surface area contributed by atoms with E-state index in [1.165, 1.54) is 5.56 Å². The summed E-state index contributed by atoms with van der Waals surface area (Å²) in [5.41, 5.74) is 8.55. The Bertz CT molecular complexity index is 309. The molecule has 1 aliphatic heterocycles. The second-order valence-electron chi connectivity index (χ2n) is 2.92. The molecule has 12 heavy (non-hydrogen) atoms. The Kier molecular flexibility index (Phi) is 1.50. The van der Waals surface area contributed by atoms with E-state index in [0.717, 1.165) is 23.6 Å². The van der Waals surface area contributed by atoms with Crippen molar-refractivity contribution in [3.8, 4) is 0 Å². The van der Waals surface area contributed by atoms with Crippen LogP contribution in [0.15, 0.2) is 18.3 Å². The number of nitrogens with two attached hydrogens (primary N) is 1. The van der Waals surface area contributed by atoms with E-state index in [9.17, 15) is 0 Å². The minimum atomic E-state index is 0.769. The zero-order valence-electron chi connectivity index (χ0n) is 6.96. The molecule has 62 valence electrons. The summed E-state index contributed by atoms with van der Waals surface area (Å²) in [4.78, 5) is 4.33. The van der Waals surface area contributed by atoms with Crippen molar-refractivity contribution in [2.24, 2.45) is 0 Å². The second-order valence-corrected chi connectivity index (χ2v) is 2.92. The maximum atomic E-state index is 5.73. The van der Waals surface area contributed by atoms with Crippen LogP contribution in [0, 0.1) is 6.92 Å². The maximum Gasteiger partial charge on any atom is 0.133 e. The molecule has 3 heteroatoms. The number of allylic oxidation sites excluding steroid dienone is 1. The molecule has 0 amide bonds. The van der Waals surface area contributed by atoms with Crippen molar-refractivity contribution in [1.82, 2.24) is 4.98 Å². The number of pyridine rings is 1. The normalized spacial score (nSPS) is 13.8. The number of anilines is 2. The summed E-state index contributed by atoms with van der Waals surface area (Å²) in [5.74, 6) is 0.934. The Labute approximate surface area is 71.3 Å². The van der Waals surface area contributed by atoms with Gasteiger partial charge in [-0.05, 0) is 25.6 Å². The summed E-state index contributed by atoms with van der Waals surface area (Å²) in [6.45, 7) is 1.91. The van der Waals surface area contributed by atoms with Gasteiger partial charge in [0.15, 0.2) is 0 Å². The number of fused-ring (bicyclic) bond motifs is 1. The van der Waals surface area contributed by atoms with E-state index in [1.54, 1.807) is 0 Å². The first-order valence-electron chi connectivity index (χ1n) is 3.95. The monoisotopic (exact) mass is 161 g/mol. The lowest BCUT2D eigenvalue weighted by Gasteiger charge is -2.13. The first-order chi connectivity index (χ1) is 5.77. The van der Waals surface area contributed by atoms with Gasteiger partial charge in [-0.15, -0.1) is 0 Å². The van der Waals surface area contributed by atoms with Crippen LogP contribution in [0.25, 0.3) is 0 Å². The topological polar surface area (TPSA) is 50.9 Å². The summed E-state index contributed by atoms with van der Waals surface area (Å²) in [5, 5.41) is 3.08. The molecule has 3 N–H and O–H groups in total. The van der Waals surface area contributed by atoms with Gasteiger partial charge in [0.05, 0.1) is 11.4 Å². The predicted molar refractivity (Wildman–Crippen MR) is 49.9 cm³/mol. The first-order valence-corrected chi connectivity index (χ1v) is 3.95. The Morgan fingerprint density at radius 2 is 2.42 bits per heavy atom. The van der Waals surface area contributed by atoms with Crippen molar-refractivity contribution >= 4 is 11.5 Å². The molecule has 0 spiro atoms. The molecule has 0 fully saturated rings. The molecule has 2 rings (SSSR count). The SMILES string of the molecule is Cc1nc2c(cc1N)CC=CN2. The van der Waals surface area contributed by atoms with Crippen LogP contribution in [0.3, 0.4) is 0 Å². The standard InChI is InChI=1S/C9H11N3/c1-6-8(10)5-7-3-2-4-11-9(7)12-6/h2,4-5H,3,10H2,1H3,(H,11,12). The highest BCUT2D eigenvalue weighted by atomic mass is 15.0. The van der Waals surface area contributed by atoms with Crippen LogP contribution in [0.4, 0.5) is 11.5 Å². The van der Waals surface area contributed by atoms with Crippen LogP contribution in [-0.4, -0.2) is 4.98 Å². The van der Waals surface area contributed by atoms with Gasteiger partial charge >= 0.3 is 0 Å². The van der Waals surface area contributed by atoms with Crippen LogP contribution in [0.1, 0.15) is 11.3 Å². The lowest BCUT2D eigenvalue weighted by atomic mass is 10.1. The Morgan fingerprint density at radius 1 is 1.58 bits per heavy atom. The zero-order chi connectivity index (χ0) is 8.55. The van der Waals surface area contributed by atoms with Gasteiger partial charge in [-0.1, -0.05) is 6.08 Å². The molecule has 0 aliphatic carbocycles. The molecule has 1 aliphatic rings. The molecule has 1 aromatic rings. The van der Waals surface area contributed by atoms with Crippen LogP contribution >= 0.6 is 0 Å². The third kappa shape index (κ3) is 1.03. The molecule has 0 saturated heterocycles. The van der Waals surface area contributed by atoms with E-state index in [2.05, 4.69) is 16.4 Å². The summed E-state index contributed by atoms with van der Waals surface area (Å²) in [6, 6.07) is 1.98. The van der Waals surface area contributed by atoms with Gasteiger partial charge in [0.25, 0.3) is 0 Å². The van der Waals surface area contributed by atoms with Crippen molar-refractivity contribution in [1.29, 1.82) is 0 Å². The summed E-state index contributed by atoms with van der Waals surface area (Å²) in [7, 11) is 0. The lowest BCUT2D eigenvalue weighted by Crippen LogP contribution is -2.05. The van der Waals surface area contributed by atoms with E-state index in [0.29, 0.717) is 0 Å². The van der Waals surface area contributed by atoms with Crippen molar-refractivity contribution < 1.29 is 0 Å². The van der Waals surface area contributed by atoms with Crippen LogP contribution < -0.4 is 11.1 Å². The molecule has 3 nitrogen and oxygen atoms in total. The van der Waals surface area contributed by atoms with Crippen molar-refractivity contribution in [3.05, 3.63) is 29.6 Å². The summed E-state index contributed by atoms with van der Waals surface area (Å²) in [6.07, 6.45) is 4.88. The molecule has 2 heterocycles. The lowest BCUT2D eigenvalue weighted by molar-refractivity contribution is 1.11. The molecule has 1 aromatic heterocycles. The quantitative estimate of drug-likeness (QED) is 0.605. The van der Waals surface area contributed by atoms with Crippen LogP contribution in [-0.2, 0) is 6.42 Å². The van der Waals surface area contributed by atoms with E-state index in [1.807, 2.05) is 19.2 Å². The van der Waals surface area contributed by atoms with Crippen LogP contribution in [0.2, 0.25) is 0 Å². The smallest absolute Gasteiger partial charge is 0.133 e. The Morgan fingerprint density at radius 3 is 3.25 bits per heavy atom. The van der Waals surface area contributed by atoms with E-state index < -0.39 is 0 Å². The summed E-state index contributed by atoms with van der Waals surface area (Å²) >= 11 is 0. The van der Waals surface area contributed by atoms with Crippen molar-refractivity contribution in [3.63, 3.8) is 0 Å². The molecular weight excluding hydrogens is 150 g/mol. The average Bonchev–Trinajstić information content (AvgIpc) is 2.07. The fourth-order valence-corrected chi connectivity index (χ4v) is 1.27. The van der Waals surface area contributed by atoms with Gasteiger partial charge in [0.1, 0.15) is 5.82 Å².